The van der Waals surface area contributed by atoms with Crippen LogP contribution in [0.5, 0.6) is 0 Å². The summed E-state index contributed by atoms with van der Waals surface area (Å²) in [5.74, 6) is -0.0334. The topological polar surface area (TPSA) is 64.3 Å². The molecule has 0 aromatic heterocycles. The smallest absolute Gasteiger partial charge is 0.255 e. The maximum absolute atomic E-state index is 12.8. The van der Waals surface area contributed by atoms with Crippen LogP contribution >= 0.6 is 0 Å². The highest BCUT2D eigenvalue weighted by Gasteiger charge is 2.45. The largest absolute Gasteiger partial charge is 0.391 e. The lowest BCUT2D eigenvalue weighted by atomic mass is 9.94. The summed E-state index contributed by atoms with van der Waals surface area (Å²) in [6, 6.07) is 13.2. The molecule has 3 atom stereocenters. The molecule has 114 valence electrons. The predicted molar refractivity (Wildman–Crippen MR) is 87.4 cm³/mol. The van der Waals surface area contributed by atoms with Crippen LogP contribution in [0.1, 0.15) is 24.5 Å². The number of carbonyl (C=O) groups is 1. The molecule has 4 nitrogen and oxygen atoms in total. The third-order valence-electron chi connectivity index (χ3n) is 4.91. The maximum atomic E-state index is 12.8. The fourth-order valence-electron chi connectivity index (χ4n) is 3.83. The number of rotatable bonds is 1. The second-order valence-corrected chi connectivity index (χ2v) is 6.25. The predicted octanol–water partition coefficient (Wildman–Crippen LogP) is 2.46. The minimum absolute atomic E-state index is 0.0334. The molecule has 2 aromatic rings. The van der Waals surface area contributed by atoms with E-state index in [1.54, 1.807) is 11.0 Å². The number of fused-ring (bicyclic) bond motifs is 2. The van der Waals surface area contributed by atoms with Crippen LogP contribution in [0.2, 0.25) is 0 Å². The molecule has 2 heterocycles. The molecule has 1 amide bonds. The van der Waals surface area contributed by atoms with E-state index in [4.69, 9.17) is 0 Å². The summed E-state index contributed by atoms with van der Waals surface area (Å²) in [7, 11) is 0. The first-order valence-electron chi connectivity index (χ1n) is 7.76. The van der Waals surface area contributed by atoms with Gasteiger partial charge in [-0.05, 0) is 36.4 Å². The molecule has 0 bridgehead atoms. The van der Waals surface area contributed by atoms with Gasteiger partial charge in [0.25, 0.3) is 5.91 Å². The average Bonchev–Trinajstić information content (AvgIpc) is 3.04. The SMILES string of the molecule is CC1C[C@H](O)[C@H]2C=C(c3ccc(C#N)c4ccccc34)C(=O)N12. The first-order valence-corrected chi connectivity index (χ1v) is 7.76. The fraction of sp³-hybridized carbons (Fsp3) is 0.263. The first kappa shape index (κ1) is 14.0. The van der Waals surface area contributed by atoms with E-state index in [1.807, 2.05) is 43.3 Å². The number of nitrogens with zero attached hydrogens (tertiary/aromatic N) is 2. The Balaban J connectivity index is 1.90. The van der Waals surface area contributed by atoms with Crippen molar-refractivity contribution in [3.05, 3.63) is 53.6 Å². The third kappa shape index (κ3) is 1.90. The molecule has 23 heavy (non-hydrogen) atoms. The third-order valence-corrected chi connectivity index (χ3v) is 4.91. The standard InChI is InChI=1S/C19H16N2O2/c1-11-8-18(22)17-9-16(19(23)21(11)17)15-7-6-12(10-20)13-4-2-3-5-14(13)15/h2-7,9,11,17-18,22H,8H2,1H3/t11?,17-,18+/m1/s1. The molecule has 2 aliphatic rings. The van der Waals surface area contributed by atoms with E-state index >= 15 is 0 Å². The molecule has 4 heteroatoms. The summed E-state index contributed by atoms with van der Waals surface area (Å²) in [6.45, 7) is 1.97. The minimum Gasteiger partial charge on any atom is -0.391 e. The summed E-state index contributed by atoms with van der Waals surface area (Å²) < 4.78 is 0. The van der Waals surface area contributed by atoms with Crippen molar-refractivity contribution in [2.45, 2.75) is 31.5 Å². The quantitative estimate of drug-likeness (QED) is 0.880. The molecule has 2 aromatic carbocycles. The zero-order valence-electron chi connectivity index (χ0n) is 12.7. The maximum Gasteiger partial charge on any atom is 0.255 e. The van der Waals surface area contributed by atoms with Crippen LogP contribution in [0, 0.1) is 11.3 Å². The molecule has 0 saturated carbocycles. The van der Waals surface area contributed by atoms with Gasteiger partial charge in [0.1, 0.15) is 0 Å². The van der Waals surface area contributed by atoms with Crippen molar-refractivity contribution in [2.75, 3.05) is 0 Å². The Morgan fingerprint density at radius 3 is 2.65 bits per heavy atom. The van der Waals surface area contributed by atoms with E-state index in [9.17, 15) is 15.2 Å². The molecule has 2 aliphatic heterocycles. The summed E-state index contributed by atoms with van der Waals surface area (Å²) in [5.41, 5.74) is 2.06. The van der Waals surface area contributed by atoms with Gasteiger partial charge in [-0.25, -0.2) is 0 Å². The Morgan fingerprint density at radius 2 is 1.96 bits per heavy atom. The molecule has 1 fully saturated rings. The second-order valence-electron chi connectivity index (χ2n) is 6.25. The van der Waals surface area contributed by atoms with Gasteiger partial charge in [-0.15, -0.1) is 0 Å². The molecule has 1 saturated heterocycles. The summed E-state index contributed by atoms with van der Waals surface area (Å²) in [5, 5.41) is 21.2. The Labute approximate surface area is 134 Å². The Kier molecular flexibility index (Phi) is 3.00. The van der Waals surface area contributed by atoms with Crippen LogP contribution in [-0.4, -0.2) is 34.1 Å². The molecule has 0 spiro atoms. The van der Waals surface area contributed by atoms with Crippen molar-refractivity contribution >= 4 is 22.3 Å². The van der Waals surface area contributed by atoms with Gasteiger partial charge in [0.05, 0.1) is 23.8 Å². The van der Waals surface area contributed by atoms with E-state index < -0.39 is 6.10 Å². The van der Waals surface area contributed by atoms with E-state index in [0.717, 1.165) is 16.3 Å². The van der Waals surface area contributed by atoms with Gasteiger partial charge in [0, 0.05) is 17.0 Å². The van der Waals surface area contributed by atoms with Crippen LogP contribution in [0.3, 0.4) is 0 Å². The fourth-order valence-corrected chi connectivity index (χ4v) is 3.83. The second kappa shape index (κ2) is 4.94. The molecule has 4 rings (SSSR count). The average molecular weight is 304 g/mol. The van der Waals surface area contributed by atoms with Crippen LogP contribution in [0.4, 0.5) is 0 Å². The van der Waals surface area contributed by atoms with Crippen molar-refractivity contribution in [3.63, 3.8) is 0 Å². The zero-order chi connectivity index (χ0) is 16.1. The number of carbonyl (C=O) groups excluding carboxylic acids is 1. The highest BCUT2D eigenvalue weighted by Crippen LogP contribution is 2.38. The van der Waals surface area contributed by atoms with Crippen LogP contribution in [0.25, 0.3) is 16.3 Å². The number of nitriles is 1. The van der Waals surface area contributed by atoms with Crippen molar-refractivity contribution < 1.29 is 9.90 Å². The molecule has 1 unspecified atom stereocenters. The number of hydrogen-bond donors (Lipinski definition) is 1. The van der Waals surface area contributed by atoms with Crippen molar-refractivity contribution in [1.82, 2.24) is 4.90 Å². The van der Waals surface area contributed by atoms with E-state index in [1.165, 1.54) is 0 Å². The lowest BCUT2D eigenvalue weighted by molar-refractivity contribution is -0.126. The van der Waals surface area contributed by atoms with Gasteiger partial charge in [0.2, 0.25) is 0 Å². The van der Waals surface area contributed by atoms with Crippen LogP contribution in [-0.2, 0) is 4.79 Å². The van der Waals surface area contributed by atoms with Gasteiger partial charge in [-0.1, -0.05) is 30.3 Å². The number of hydrogen-bond acceptors (Lipinski definition) is 3. The highest BCUT2D eigenvalue weighted by molar-refractivity contribution is 6.25. The number of aliphatic hydroxyl groups excluding tert-OH is 1. The number of aliphatic hydroxyl groups is 1. The normalized spacial score (nSPS) is 26.3. The Morgan fingerprint density at radius 1 is 1.22 bits per heavy atom. The molecule has 1 N–H and O–H groups in total. The van der Waals surface area contributed by atoms with E-state index in [-0.39, 0.29) is 18.0 Å². The van der Waals surface area contributed by atoms with Gasteiger partial charge in [-0.3, -0.25) is 4.79 Å². The van der Waals surface area contributed by atoms with Crippen LogP contribution in [0.15, 0.2) is 42.5 Å². The van der Waals surface area contributed by atoms with Crippen LogP contribution < -0.4 is 0 Å². The summed E-state index contributed by atoms with van der Waals surface area (Å²) in [4.78, 5) is 14.6. The molecular formula is C19H16N2O2. The first-order chi connectivity index (χ1) is 11.1. The summed E-state index contributed by atoms with van der Waals surface area (Å²) in [6.07, 6.45) is 2.00. The Bertz CT molecular complexity index is 894. The number of benzene rings is 2. The molecule has 0 aliphatic carbocycles. The van der Waals surface area contributed by atoms with Gasteiger partial charge in [0.15, 0.2) is 0 Å². The number of amides is 1. The molecule has 0 radical (unpaired) electrons. The lowest BCUT2D eigenvalue weighted by Gasteiger charge is -2.21. The van der Waals surface area contributed by atoms with E-state index in [0.29, 0.717) is 17.6 Å². The van der Waals surface area contributed by atoms with Gasteiger partial charge >= 0.3 is 0 Å². The van der Waals surface area contributed by atoms with Crippen molar-refractivity contribution in [3.8, 4) is 6.07 Å². The van der Waals surface area contributed by atoms with E-state index in [2.05, 4.69) is 6.07 Å². The zero-order valence-corrected chi connectivity index (χ0v) is 12.7. The summed E-state index contributed by atoms with van der Waals surface area (Å²) >= 11 is 0. The van der Waals surface area contributed by atoms with Crippen molar-refractivity contribution in [1.29, 1.82) is 5.26 Å². The Hall–Kier alpha value is -2.64. The molecular weight excluding hydrogens is 288 g/mol. The van der Waals surface area contributed by atoms with Crippen molar-refractivity contribution in [2.24, 2.45) is 0 Å². The van der Waals surface area contributed by atoms with Gasteiger partial charge in [-0.2, -0.15) is 5.26 Å². The minimum atomic E-state index is -0.504. The lowest BCUT2D eigenvalue weighted by Crippen LogP contribution is -2.36. The monoisotopic (exact) mass is 304 g/mol. The van der Waals surface area contributed by atoms with Gasteiger partial charge < -0.3 is 10.0 Å². The highest BCUT2D eigenvalue weighted by atomic mass is 16.3.